The molecule has 11 heteroatoms. The molecule has 3 N–H and O–H groups in total. The van der Waals surface area contributed by atoms with Gasteiger partial charge in [-0.2, -0.15) is 15.2 Å². The molecular formula is C22H25N8O3+. The van der Waals surface area contributed by atoms with Gasteiger partial charge in [-0.1, -0.05) is 0 Å². The number of aliphatic hydroxyl groups is 1. The maximum Gasteiger partial charge on any atom is 0.277 e. The molecule has 0 aliphatic carbocycles. The number of aliphatic hydroxyl groups excluding tert-OH is 1. The number of rotatable bonds is 3. The lowest BCUT2D eigenvalue weighted by molar-refractivity contribution is -0.642. The number of hydrogen-bond acceptors (Lipinski definition) is 9. The van der Waals surface area contributed by atoms with Crippen LogP contribution in [-0.2, 0) is 9.47 Å². The van der Waals surface area contributed by atoms with Gasteiger partial charge in [0, 0.05) is 32.3 Å². The van der Waals surface area contributed by atoms with Crippen molar-refractivity contribution >= 4 is 28.4 Å². The normalized spacial score (nSPS) is 21.4. The molecule has 3 aliphatic heterocycles. The fourth-order valence-electron chi connectivity index (χ4n) is 4.85. The molecule has 3 aromatic rings. The van der Waals surface area contributed by atoms with Crippen molar-refractivity contribution < 1.29 is 19.9 Å². The van der Waals surface area contributed by atoms with Crippen LogP contribution in [0.25, 0.3) is 17.0 Å². The summed E-state index contributed by atoms with van der Waals surface area (Å²) in [4.78, 5) is 18.5. The Kier molecular flexibility index (Phi) is 5.07. The monoisotopic (exact) mass is 449 g/mol. The van der Waals surface area contributed by atoms with Crippen LogP contribution in [0.4, 0.5) is 17.3 Å². The fourth-order valence-corrected chi connectivity index (χ4v) is 4.85. The Balaban J connectivity index is 1.51. The zero-order chi connectivity index (χ0) is 22.4. The standard InChI is InChI=1S/C22H24N8O3/c23-12-14-1-2-16-17(11-14)29(13-24-16)21-26-19(28-5-9-33-10-6-28)18-20(27-21)30(22(31)25-18)15-3-7-32-8-4-15/h1-2,11,13,15,22,25,31H,3-10H2/p+1. The number of anilines is 2. The molecule has 0 spiro atoms. The number of aromatic nitrogens is 4. The molecule has 33 heavy (non-hydrogen) atoms. The summed E-state index contributed by atoms with van der Waals surface area (Å²) in [5, 5.41) is 22.2. The second kappa shape index (κ2) is 8.24. The third-order valence-electron chi connectivity index (χ3n) is 6.53. The van der Waals surface area contributed by atoms with Crippen LogP contribution in [0.5, 0.6) is 0 Å². The van der Waals surface area contributed by atoms with Gasteiger partial charge in [0.25, 0.3) is 6.35 Å². The second-order valence-corrected chi connectivity index (χ2v) is 8.44. The van der Waals surface area contributed by atoms with Gasteiger partial charge in [0.2, 0.25) is 17.5 Å². The summed E-state index contributed by atoms with van der Waals surface area (Å²) in [6.07, 6.45) is 2.58. The maximum absolute atomic E-state index is 11.0. The van der Waals surface area contributed by atoms with E-state index >= 15 is 0 Å². The average Bonchev–Trinajstić information content (AvgIpc) is 3.44. The summed E-state index contributed by atoms with van der Waals surface area (Å²) in [6.45, 7) is 4.02. The SMILES string of the molecule is N#Cc1ccc2ncn(-c3nc(N4CCOCC4)c4c(n3)N(C3CCOCC3)C(O)[NH2+]4)c2c1. The smallest absolute Gasteiger partial charge is 0.277 e. The first-order valence-corrected chi connectivity index (χ1v) is 11.2. The van der Waals surface area contributed by atoms with Crippen LogP contribution in [0.15, 0.2) is 24.5 Å². The summed E-state index contributed by atoms with van der Waals surface area (Å²) in [7, 11) is 0. The van der Waals surface area contributed by atoms with Crippen LogP contribution in [0, 0.1) is 11.3 Å². The van der Waals surface area contributed by atoms with Gasteiger partial charge in [-0.25, -0.2) is 4.98 Å². The van der Waals surface area contributed by atoms with Gasteiger partial charge < -0.3 is 19.5 Å². The van der Waals surface area contributed by atoms with Crippen molar-refractivity contribution in [3.8, 4) is 12.0 Å². The third-order valence-corrected chi connectivity index (χ3v) is 6.53. The van der Waals surface area contributed by atoms with Crippen molar-refractivity contribution in [2.24, 2.45) is 0 Å². The zero-order valence-corrected chi connectivity index (χ0v) is 18.1. The van der Waals surface area contributed by atoms with Crippen LogP contribution < -0.4 is 15.1 Å². The molecule has 5 heterocycles. The highest BCUT2D eigenvalue weighted by Gasteiger charge is 2.42. The van der Waals surface area contributed by atoms with E-state index in [1.54, 1.807) is 18.5 Å². The molecule has 1 unspecified atom stereocenters. The Labute approximate surface area is 190 Å². The largest absolute Gasteiger partial charge is 0.381 e. The van der Waals surface area contributed by atoms with Gasteiger partial charge in [-0.15, -0.1) is 0 Å². The van der Waals surface area contributed by atoms with E-state index in [-0.39, 0.29) is 6.04 Å². The number of quaternary nitrogens is 1. The van der Waals surface area contributed by atoms with Crippen LogP contribution >= 0.6 is 0 Å². The van der Waals surface area contributed by atoms with E-state index in [9.17, 15) is 10.4 Å². The number of nitrogens with two attached hydrogens (primary N) is 1. The topological polar surface area (TPSA) is 129 Å². The van der Waals surface area contributed by atoms with E-state index in [0.29, 0.717) is 51.0 Å². The Morgan fingerprint density at radius 3 is 2.61 bits per heavy atom. The van der Waals surface area contributed by atoms with Gasteiger partial charge in [0.05, 0.1) is 35.9 Å². The highest BCUT2D eigenvalue weighted by atomic mass is 16.5. The van der Waals surface area contributed by atoms with Crippen molar-refractivity contribution in [1.29, 1.82) is 5.26 Å². The lowest BCUT2D eigenvalue weighted by Gasteiger charge is -2.32. The van der Waals surface area contributed by atoms with Crippen molar-refractivity contribution in [2.75, 3.05) is 49.3 Å². The predicted molar refractivity (Wildman–Crippen MR) is 118 cm³/mol. The van der Waals surface area contributed by atoms with Gasteiger partial charge in [0.15, 0.2) is 5.82 Å². The molecule has 1 aromatic carbocycles. The zero-order valence-electron chi connectivity index (χ0n) is 18.1. The molecule has 1 atom stereocenters. The summed E-state index contributed by atoms with van der Waals surface area (Å²) in [6, 6.07) is 7.69. The van der Waals surface area contributed by atoms with E-state index in [1.165, 1.54) is 0 Å². The number of fused-ring (bicyclic) bond motifs is 2. The molecule has 6 rings (SSSR count). The maximum atomic E-state index is 11.0. The van der Waals surface area contributed by atoms with Crippen molar-refractivity contribution in [3.05, 3.63) is 30.1 Å². The molecule has 0 radical (unpaired) electrons. The molecule has 2 aromatic heterocycles. The van der Waals surface area contributed by atoms with Crippen LogP contribution in [-0.4, -0.2) is 76.5 Å². The van der Waals surface area contributed by atoms with Gasteiger partial charge in [0.1, 0.15) is 6.33 Å². The second-order valence-electron chi connectivity index (χ2n) is 8.44. The molecule has 2 saturated heterocycles. The number of imidazole rings is 1. The molecule has 0 amide bonds. The third kappa shape index (κ3) is 3.48. The van der Waals surface area contributed by atoms with Crippen molar-refractivity contribution in [3.63, 3.8) is 0 Å². The number of ether oxygens (including phenoxy) is 2. The lowest BCUT2D eigenvalue weighted by atomic mass is 10.1. The minimum atomic E-state index is -0.767. The highest BCUT2D eigenvalue weighted by molar-refractivity contribution is 5.80. The minimum Gasteiger partial charge on any atom is -0.381 e. The number of nitriles is 1. The summed E-state index contributed by atoms with van der Waals surface area (Å²) in [5.41, 5.74) is 2.93. The summed E-state index contributed by atoms with van der Waals surface area (Å²) in [5.74, 6) is 1.97. The lowest BCUT2D eigenvalue weighted by Crippen LogP contribution is -2.86. The van der Waals surface area contributed by atoms with E-state index in [0.717, 1.165) is 41.2 Å². The first-order valence-electron chi connectivity index (χ1n) is 11.2. The number of hydrogen-bond donors (Lipinski definition) is 2. The van der Waals surface area contributed by atoms with Gasteiger partial charge in [-0.05, 0) is 31.0 Å². The number of nitrogens with zero attached hydrogens (tertiary/aromatic N) is 7. The van der Waals surface area contributed by atoms with E-state index in [1.807, 2.05) is 20.9 Å². The molecule has 3 aliphatic rings. The van der Waals surface area contributed by atoms with Gasteiger partial charge in [-0.3, -0.25) is 14.8 Å². The van der Waals surface area contributed by atoms with Crippen molar-refractivity contribution in [2.45, 2.75) is 25.2 Å². The number of morpholine rings is 1. The Bertz CT molecular complexity index is 1230. The van der Waals surface area contributed by atoms with Gasteiger partial charge >= 0.3 is 0 Å². The Morgan fingerprint density at radius 2 is 1.82 bits per heavy atom. The summed E-state index contributed by atoms with van der Waals surface area (Å²) < 4.78 is 12.9. The molecule has 0 saturated carbocycles. The minimum absolute atomic E-state index is 0.135. The molecular weight excluding hydrogens is 424 g/mol. The molecule has 170 valence electrons. The van der Waals surface area contributed by atoms with E-state index in [2.05, 4.69) is 16.0 Å². The quantitative estimate of drug-likeness (QED) is 0.567. The Hall–Kier alpha value is -3.30. The molecule has 2 fully saturated rings. The van der Waals surface area contributed by atoms with Crippen molar-refractivity contribution in [1.82, 2.24) is 19.5 Å². The molecule has 0 bridgehead atoms. The summed E-state index contributed by atoms with van der Waals surface area (Å²) >= 11 is 0. The van der Waals surface area contributed by atoms with E-state index < -0.39 is 6.35 Å². The Morgan fingerprint density at radius 1 is 1.06 bits per heavy atom. The van der Waals surface area contributed by atoms with Crippen LogP contribution in [0.1, 0.15) is 18.4 Å². The van der Waals surface area contributed by atoms with E-state index in [4.69, 9.17) is 19.4 Å². The van der Waals surface area contributed by atoms with Crippen LogP contribution in [0.3, 0.4) is 0 Å². The first-order chi connectivity index (χ1) is 16.2. The predicted octanol–water partition coefficient (Wildman–Crippen LogP) is -0.00642. The van der Waals surface area contributed by atoms with Crippen LogP contribution in [0.2, 0.25) is 0 Å². The first kappa shape index (κ1) is 20.3. The average molecular weight is 449 g/mol. The number of benzene rings is 1. The highest BCUT2D eigenvalue weighted by Crippen LogP contribution is 2.37. The fraction of sp³-hybridized carbons (Fsp3) is 0.455. The molecule has 11 nitrogen and oxygen atoms in total.